The lowest BCUT2D eigenvalue weighted by Crippen LogP contribution is -2.34. The molecule has 1 aliphatic heterocycles. The van der Waals surface area contributed by atoms with Gasteiger partial charge in [0.2, 0.25) is 5.91 Å². The van der Waals surface area contributed by atoms with Gasteiger partial charge in [-0.3, -0.25) is 4.79 Å². The number of carbonyl (C=O) groups is 2. The molecule has 2 aromatic rings. The van der Waals surface area contributed by atoms with Crippen molar-refractivity contribution in [3.8, 4) is 0 Å². The maximum absolute atomic E-state index is 13.2. The van der Waals surface area contributed by atoms with Gasteiger partial charge in [-0.05, 0) is 29.7 Å². The third-order valence-electron chi connectivity index (χ3n) is 3.88. The first-order chi connectivity index (χ1) is 11.5. The third kappa shape index (κ3) is 3.42. The molecule has 24 heavy (non-hydrogen) atoms. The number of hydrogen-bond acceptors (Lipinski definition) is 3. The van der Waals surface area contributed by atoms with Crippen LogP contribution < -0.4 is 0 Å². The summed E-state index contributed by atoms with van der Waals surface area (Å²) in [6.07, 6.45) is -0.598. The van der Waals surface area contributed by atoms with E-state index in [9.17, 15) is 18.4 Å². The number of carbonyl (C=O) groups excluding carboxylic acids is 2. The maximum atomic E-state index is 13.2. The van der Waals surface area contributed by atoms with Crippen LogP contribution in [0.25, 0.3) is 0 Å². The van der Waals surface area contributed by atoms with E-state index in [1.54, 1.807) is 0 Å². The zero-order valence-corrected chi connectivity index (χ0v) is 12.7. The fraction of sp³-hybridized carbons (Fsp3) is 0.222. The van der Waals surface area contributed by atoms with Crippen LogP contribution in [0.4, 0.5) is 13.6 Å². The van der Waals surface area contributed by atoms with E-state index in [1.807, 2.05) is 30.3 Å². The normalized spacial score (nSPS) is 17.0. The van der Waals surface area contributed by atoms with E-state index < -0.39 is 29.7 Å². The number of nitrogens with zero attached hydrogens (tertiary/aromatic N) is 1. The molecular formula is C18H15F2NO3. The summed E-state index contributed by atoms with van der Waals surface area (Å²) in [5.74, 6) is -1.82. The number of amides is 2. The van der Waals surface area contributed by atoms with Crippen molar-refractivity contribution in [2.75, 3.05) is 6.61 Å². The molecule has 6 heteroatoms. The summed E-state index contributed by atoms with van der Waals surface area (Å²) in [6.45, 7) is 0.100. The second-order valence-corrected chi connectivity index (χ2v) is 5.54. The molecule has 4 nitrogen and oxygen atoms in total. The van der Waals surface area contributed by atoms with Crippen molar-refractivity contribution in [2.45, 2.75) is 18.9 Å². The van der Waals surface area contributed by atoms with Gasteiger partial charge in [0, 0.05) is 12.5 Å². The zero-order valence-electron chi connectivity index (χ0n) is 12.7. The molecule has 124 valence electrons. The number of hydrogen-bond donors (Lipinski definition) is 0. The van der Waals surface area contributed by atoms with Gasteiger partial charge in [0.1, 0.15) is 24.3 Å². The van der Waals surface area contributed by atoms with Crippen LogP contribution in [0.5, 0.6) is 0 Å². The van der Waals surface area contributed by atoms with Crippen LogP contribution in [0.15, 0.2) is 48.5 Å². The fourth-order valence-corrected chi connectivity index (χ4v) is 2.74. The van der Waals surface area contributed by atoms with Crippen molar-refractivity contribution in [1.82, 2.24) is 4.90 Å². The summed E-state index contributed by atoms with van der Waals surface area (Å²) in [7, 11) is 0. The number of ether oxygens (including phenoxy) is 1. The Labute approximate surface area is 137 Å². The second kappa shape index (κ2) is 6.78. The van der Waals surface area contributed by atoms with Crippen molar-refractivity contribution in [3.05, 3.63) is 71.3 Å². The highest BCUT2D eigenvalue weighted by Crippen LogP contribution is 2.28. The predicted molar refractivity (Wildman–Crippen MR) is 82.1 cm³/mol. The molecule has 0 aliphatic carbocycles. The van der Waals surface area contributed by atoms with Crippen molar-refractivity contribution in [3.63, 3.8) is 0 Å². The van der Waals surface area contributed by atoms with Gasteiger partial charge in [-0.2, -0.15) is 0 Å². The number of halogens is 2. The van der Waals surface area contributed by atoms with Crippen LogP contribution in [0, 0.1) is 11.6 Å². The average molecular weight is 331 g/mol. The Morgan fingerprint density at radius 2 is 1.79 bits per heavy atom. The lowest BCUT2D eigenvalue weighted by molar-refractivity contribution is -0.129. The smallest absolute Gasteiger partial charge is 0.417 e. The minimum Gasteiger partial charge on any atom is -0.446 e. The van der Waals surface area contributed by atoms with Gasteiger partial charge in [0.15, 0.2) is 0 Å². The topological polar surface area (TPSA) is 46.6 Å². The first kappa shape index (κ1) is 16.1. The highest BCUT2D eigenvalue weighted by atomic mass is 19.1. The first-order valence-electron chi connectivity index (χ1n) is 7.53. The fourth-order valence-electron chi connectivity index (χ4n) is 2.74. The van der Waals surface area contributed by atoms with Crippen LogP contribution >= 0.6 is 0 Å². The summed E-state index contributed by atoms with van der Waals surface area (Å²) in [5, 5.41) is 0. The van der Waals surface area contributed by atoms with Gasteiger partial charge in [0.05, 0.1) is 0 Å². The first-order valence-corrected chi connectivity index (χ1v) is 7.53. The number of benzene rings is 2. The quantitative estimate of drug-likeness (QED) is 0.860. The Bertz CT molecular complexity index is 744. The van der Waals surface area contributed by atoms with Gasteiger partial charge >= 0.3 is 6.09 Å². The molecule has 0 spiro atoms. The summed E-state index contributed by atoms with van der Waals surface area (Å²) in [4.78, 5) is 25.4. The Morgan fingerprint density at radius 1 is 1.12 bits per heavy atom. The van der Waals surface area contributed by atoms with Gasteiger partial charge in [0.25, 0.3) is 0 Å². The molecule has 2 amide bonds. The molecule has 2 aromatic carbocycles. The summed E-state index contributed by atoms with van der Waals surface area (Å²) in [5.41, 5.74) is 1.16. The minimum atomic E-state index is -0.695. The van der Waals surface area contributed by atoms with E-state index in [0.717, 1.165) is 16.5 Å². The number of cyclic esters (lactones) is 1. The Hall–Kier alpha value is -2.76. The van der Waals surface area contributed by atoms with Gasteiger partial charge in [-0.15, -0.1) is 0 Å². The zero-order chi connectivity index (χ0) is 17.1. The third-order valence-corrected chi connectivity index (χ3v) is 3.88. The summed E-state index contributed by atoms with van der Waals surface area (Å²) < 4.78 is 31.4. The molecule has 1 saturated heterocycles. The molecule has 0 saturated carbocycles. The molecule has 0 bridgehead atoms. The van der Waals surface area contributed by atoms with E-state index >= 15 is 0 Å². The molecule has 1 fully saturated rings. The van der Waals surface area contributed by atoms with Gasteiger partial charge < -0.3 is 4.74 Å². The molecule has 0 radical (unpaired) electrons. The predicted octanol–water partition coefficient (Wildman–Crippen LogP) is 3.62. The van der Waals surface area contributed by atoms with Crippen LogP contribution in [0.3, 0.4) is 0 Å². The van der Waals surface area contributed by atoms with E-state index in [4.69, 9.17) is 4.74 Å². The van der Waals surface area contributed by atoms with E-state index in [2.05, 4.69) is 0 Å². The molecule has 0 N–H and O–H groups in total. The molecule has 1 heterocycles. The van der Waals surface area contributed by atoms with E-state index in [1.165, 1.54) is 12.1 Å². The monoisotopic (exact) mass is 331 g/mol. The van der Waals surface area contributed by atoms with E-state index in [-0.39, 0.29) is 19.4 Å². The highest BCUT2D eigenvalue weighted by molar-refractivity contribution is 5.93. The Morgan fingerprint density at radius 3 is 2.46 bits per heavy atom. The summed E-state index contributed by atoms with van der Waals surface area (Å²) in [6, 6.07) is 11.7. The molecule has 0 aromatic heterocycles. The molecule has 3 rings (SSSR count). The van der Waals surface area contributed by atoms with Crippen LogP contribution in [0.2, 0.25) is 0 Å². The second-order valence-electron chi connectivity index (χ2n) is 5.54. The van der Waals surface area contributed by atoms with Crippen LogP contribution in [-0.2, 0) is 16.0 Å². The standard InChI is InChI=1S/C18H15F2NO3/c19-14-8-12(9-15(20)10-14)6-7-17(22)21-16(11-24-18(21)23)13-4-2-1-3-5-13/h1-5,8-10,16H,6-7,11H2. The lowest BCUT2D eigenvalue weighted by atomic mass is 10.1. The molecule has 1 aliphatic rings. The maximum Gasteiger partial charge on any atom is 0.417 e. The lowest BCUT2D eigenvalue weighted by Gasteiger charge is -2.19. The SMILES string of the molecule is O=C(CCc1cc(F)cc(F)c1)N1C(=O)OCC1c1ccccc1. The minimum absolute atomic E-state index is 0.0404. The van der Waals surface area contributed by atoms with Crippen molar-refractivity contribution < 1.29 is 23.1 Å². The highest BCUT2D eigenvalue weighted by Gasteiger charge is 2.38. The number of rotatable bonds is 4. The van der Waals surface area contributed by atoms with Gasteiger partial charge in [-0.1, -0.05) is 30.3 Å². The number of imide groups is 1. The summed E-state index contributed by atoms with van der Waals surface area (Å²) >= 11 is 0. The Kier molecular flexibility index (Phi) is 4.55. The molecular weight excluding hydrogens is 316 g/mol. The van der Waals surface area contributed by atoms with Crippen molar-refractivity contribution in [1.29, 1.82) is 0 Å². The van der Waals surface area contributed by atoms with Crippen molar-refractivity contribution in [2.24, 2.45) is 0 Å². The van der Waals surface area contributed by atoms with E-state index in [0.29, 0.717) is 5.56 Å². The number of aryl methyl sites for hydroxylation is 1. The van der Waals surface area contributed by atoms with Gasteiger partial charge in [-0.25, -0.2) is 18.5 Å². The van der Waals surface area contributed by atoms with Crippen LogP contribution in [0.1, 0.15) is 23.6 Å². The Balaban J connectivity index is 1.71. The average Bonchev–Trinajstić information content (AvgIpc) is 2.94. The molecule has 1 unspecified atom stereocenters. The van der Waals surface area contributed by atoms with Crippen molar-refractivity contribution >= 4 is 12.0 Å². The molecule has 1 atom stereocenters. The largest absolute Gasteiger partial charge is 0.446 e. The van der Waals surface area contributed by atoms with Crippen LogP contribution in [-0.4, -0.2) is 23.5 Å².